The van der Waals surface area contributed by atoms with Crippen molar-refractivity contribution in [3.8, 4) is 0 Å². The summed E-state index contributed by atoms with van der Waals surface area (Å²) in [6.07, 6.45) is 4.14. The molecule has 1 saturated carbocycles. The third kappa shape index (κ3) is 3.11. The van der Waals surface area contributed by atoms with E-state index in [0.717, 1.165) is 36.0 Å². The fraction of sp³-hybridized carbons (Fsp3) is 0.500. The molecule has 3 heterocycles. The summed E-state index contributed by atoms with van der Waals surface area (Å²) in [5.41, 5.74) is 1.02. The van der Waals surface area contributed by atoms with Gasteiger partial charge in [0, 0.05) is 37.5 Å². The Hall–Kier alpha value is -3.03. The van der Waals surface area contributed by atoms with Crippen LogP contribution in [0.4, 0.5) is 10.5 Å². The number of hydrogen-bond acceptors (Lipinski definition) is 5. The van der Waals surface area contributed by atoms with E-state index in [4.69, 9.17) is 4.42 Å². The molecule has 8 heteroatoms. The number of nitrogens with zero attached hydrogens (tertiary/aromatic N) is 2. The summed E-state index contributed by atoms with van der Waals surface area (Å²) in [6, 6.07) is 7.76. The molecule has 2 aliphatic heterocycles. The average molecular weight is 410 g/mol. The molecule has 1 aromatic heterocycles. The number of amides is 4. The molecule has 2 aromatic rings. The molecule has 30 heavy (non-hydrogen) atoms. The molecule has 3 aliphatic rings. The Labute approximate surface area is 174 Å². The first kappa shape index (κ1) is 19.0. The molecule has 2 saturated heterocycles. The van der Waals surface area contributed by atoms with Crippen LogP contribution in [0.25, 0.3) is 11.0 Å². The number of carbonyl (C=O) groups excluding carboxylic acids is 3. The number of piperazine rings is 1. The zero-order chi connectivity index (χ0) is 20.9. The summed E-state index contributed by atoms with van der Waals surface area (Å²) >= 11 is 0. The van der Waals surface area contributed by atoms with Gasteiger partial charge >= 0.3 is 6.03 Å². The first-order valence-electron chi connectivity index (χ1n) is 10.6. The molecule has 0 radical (unpaired) electrons. The van der Waals surface area contributed by atoms with Gasteiger partial charge in [0.15, 0.2) is 5.58 Å². The number of para-hydroxylation sites is 1. The molecule has 2 atom stereocenters. The summed E-state index contributed by atoms with van der Waals surface area (Å²) in [7, 11) is 0. The first-order valence-corrected chi connectivity index (χ1v) is 10.6. The molecule has 1 aliphatic carbocycles. The second-order valence-electron chi connectivity index (χ2n) is 8.65. The molecule has 4 amide bonds. The Balaban J connectivity index is 1.24. The molecule has 158 valence electrons. The van der Waals surface area contributed by atoms with Crippen LogP contribution >= 0.6 is 0 Å². The topological polar surface area (TPSA) is 94.9 Å². The smallest absolute Gasteiger partial charge is 0.322 e. The SMILES string of the molecule is C[C@H]1CN(C(=O)CCC2(C3CC3)NC(=O)NC2=O)CCN1c1cccc2ccoc12. The van der Waals surface area contributed by atoms with Gasteiger partial charge in [0.1, 0.15) is 5.54 Å². The number of hydrogen-bond donors (Lipinski definition) is 2. The molecule has 8 nitrogen and oxygen atoms in total. The van der Waals surface area contributed by atoms with E-state index in [1.54, 1.807) is 6.26 Å². The van der Waals surface area contributed by atoms with Gasteiger partial charge in [0.25, 0.3) is 5.91 Å². The molecule has 2 N–H and O–H groups in total. The second kappa shape index (κ2) is 7.04. The standard InChI is InChI=1S/C22H26N4O4/c1-14-13-25(10-11-26(14)17-4-2-3-15-8-12-30-19(15)17)18(27)7-9-22(16-5-6-16)20(28)23-21(29)24-22/h2-4,8,12,14,16H,5-7,9-11,13H2,1H3,(H2,23,24,28,29)/t14-,22?/m0/s1. The number of urea groups is 1. The lowest BCUT2D eigenvalue weighted by molar-refractivity contribution is -0.133. The van der Waals surface area contributed by atoms with Crippen LogP contribution in [0.3, 0.4) is 0 Å². The van der Waals surface area contributed by atoms with Crippen LogP contribution in [0.2, 0.25) is 0 Å². The van der Waals surface area contributed by atoms with E-state index in [2.05, 4.69) is 28.5 Å². The van der Waals surface area contributed by atoms with Crippen LogP contribution < -0.4 is 15.5 Å². The van der Waals surface area contributed by atoms with Crippen LogP contribution in [0, 0.1) is 5.92 Å². The Morgan fingerprint density at radius 2 is 2.07 bits per heavy atom. The van der Waals surface area contributed by atoms with Gasteiger partial charge in [-0.3, -0.25) is 14.9 Å². The molecule has 1 unspecified atom stereocenters. The minimum absolute atomic E-state index is 0.0340. The van der Waals surface area contributed by atoms with Crippen LogP contribution in [0.5, 0.6) is 0 Å². The molecule has 0 bridgehead atoms. The highest BCUT2D eigenvalue weighted by Gasteiger charge is 2.55. The van der Waals surface area contributed by atoms with Crippen molar-refractivity contribution in [2.45, 2.75) is 44.2 Å². The Morgan fingerprint density at radius 1 is 1.23 bits per heavy atom. The van der Waals surface area contributed by atoms with Gasteiger partial charge in [0.05, 0.1) is 12.0 Å². The van der Waals surface area contributed by atoms with Crippen LogP contribution in [0.1, 0.15) is 32.6 Å². The van der Waals surface area contributed by atoms with E-state index in [-0.39, 0.29) is 30.2 Å². The monoisotopic (exact) mass is 410 g/mol. The number of imide groups is 1. The fourth-order valence-electron chi connectivity index (χ4n) is 4.96. The highest BCUT2D eigenvalue weighted by Crippen LogP contribution is 2.43. The summed E-state index contributed by atoms with van der Waals surface area (Å²) in [6.45, 7) is 4.06. The van der Waals surface area contributed by atoms with E-state index in [9.17, 15) is 14.4 Å². The summed E-state index contributed by atoms with van der Waals surface area (Å²) in [5, 5.41) is 6.22. The van der Waals surface area contributed by atoms with Crippen molar-refractivity contribution in [3.63, 3.8) is 0 Å². The maximum atomic E-state index is 12.9. The number of fused-ring (bicyclic) bond motifs is 1. The minimum Gasteiger partial charge on any atom is -0.462 e. The summed E-state index contributed by atoms with van der Waals surface area (Å²) in [5.74, 6) is -0.111. The van der Waals surface area contributed by atoms with E-state index < -0.39 is 11.6 Å². The predicted octanol–water partition coefficient (Wildman–Crippen LogP) is 2.24. The van der Waals surface area contributed by atoms with Gasteiger partial charge in [-0.05, 0) is 44.2 Å². The van der Waals surface area contributed by atoms with Gasteiger partial charge in [-0.2, -0.15) is 0 Å². The van der Waals surface area contributed by atoms with Crippen molar-refractivity contribution in [2.75, 3.05) is 24.5 Å². The lowest BCUT2D eigenvalue weighted by Crippen LogP contribution is -2.54. The number of rotatable bonds is 5. The third-order valence-electron chi connectivity index (χ3n) is 6.72. The van der Waals surface area contributed by atoms with Crippen molar-refractivity contribution >= 4 is 34.5 Å². The minimum atomic E-state index is -0.908. The molecule has 5 rings (SSSR count). The normalized spacial score (nSPS) is 26.8. The lowest BCUT2D eigenvalue weighted by atomic mass is 9.87. The quantitative estimate of drug-likeness (QED) is 0.737. The van der Waals surface area contributed by atoms with Crippen LogP contribution in [-0.4, -0.2) is 54.0 Å². The van der Waals surface area contributed by atoms with Gasteiger partial charge in [0.2, 0.25) is 5.91 Å². The second-order valence-corrected chi connectivity index (χ2v) is 8.65. The van der Waals surface area contributed by atoms with Crippen molar-refractivity contribution in [1.82, 2.24) is 15.5 Å². The number of anilines is 1. The number of furan rings is 1. The zero-order valence-electron chi connectivity index (χ0n) is 17.0. The van der Waals surface area contributed by atoms with Crippen LogP contribution in [0.15, 0.2) is 34.9 Å². The van der Waals surface area contributed by atoms with E-state index in [1.165, 1.54) is 0 Å². The highest BCUT2D eigenvalue weighted by atomic mass is 16.3. The first-order chi connectivity index (χ1) is 14.5. The lowest BCUT2D eigenvalue weighted by Gasteiger charge is -2.41. The van der Waals surface area contributed by atoms with Gasteiger partial charge in [-0.25, -0.2) is 4.79 Å². The Morgan fingerprint density at radius 3 is 2.77 bits per heavy atom. The third-order valence-corrected chi connectivity index (χ3v) is 6.72. The Kier molecular flexibility index (Phi) is 4.45. The van der Waals surface area contributed by atoms with Gasteiger partial charge < -0.3 is 19.5 Å². The summed E-state index contributed by atoms with van der Waals surface area (Å²) < 4.78 is 5.68. The highest BCUT2D eigenvalue weighted by molar-refractivity contribution is 6.07. The van der Waals surface area contributed by atoms with E-state index in [1.807, 2.05) is 23.1 Å². The number of carbonyl (C=O) groups is 3. The predicted molar refractivity (Wildman–Crippen MR) is 111 cm³/mol. The maximum Gasteiger partial charge on any atom is 0.322 e. The van der Waals surface area contributed by atoms with Crippen molar-refractivity contribution in [3.05, 3.63) is 30.5 Å². The maximum absolute atomic E-state index is 12.9. The number of benzene rings is 1. The fourth-order valence-corrected chi connectivity index (χ4v) is 4.96. The molecule has 1 aromatic carbocycles. The Bertz CT molecular complexity index is 1010. The van der Waals surface area contributed by atoms with Crippen molar-refractivity contribution in [1.29, 1.82) is 0 Å². The summed E-state index contributed by atoms with van der Waals surface area (Å²) in [4.78, 5) is 41.2. The largest absolute Gasteiger partial charge is 0.462 e. The van der Waals surface area contributed by atoms with Gasteiger partial charge in [-0.1, -0.05) is 12.1 Å². The molecule has 0 spiro atoms. The number of nitrogens with one attached hydrogen (secondary N) is 2. The van der Waals surface area contributed by atoms with Gasteiger partial charge in [-0.15, -0.1) is 0 Å². The van der Waals surface area contributed by atoms with E-state index in [0.29, 0.717) is 19.5 Å². The average Bonchev–Trinajstić information content (AvgIpc) is 3.39. The van der Waals surface area contributed by atoms with E-state index >= 15 is 0 Å². The molecular weight excluding hydrogens is 384 g/mol. The zero-order valence-corrected chi connectivity index (χ0v) is 17.0. The molecular formula is C22H26N4O4. The van der Waals surface area contributed by atoms with Crippen molar-refractivity contribution in [2.24, 2.45) is 5.92 Å². The van der Waals surface area contributed by atoms with Crippen molar-refractivity contribution < 1.29 is 18.8 Å². The van der Waals surface area contributed by atoms with Crippen LogP contribution in [-0.2, 0) is 9.59 Å². The molecule has 3 fully saturated rings.